The molecular weight excluding hydrogens is 241 g/mol. The number of thioether (sulfide) groups is 1. The standard InChI is InChI=1S/C9H3F3N2OS/c10-9(11,12)16-6-3-1-2-5-8(6)14-7(4-13)15-5/h1-3H. The molecule has 0 saturated heterocycles. The van der Waals surface area contributed by atoms with Crippen LogP contribution < -0.4 is 0 Å². The first-order valence-corrected chi connectivity index (χ1v) is 4.86. The first-order valence-electron chi connectivity index (χ1n) is 4.05. The minimum Gasteiger partial charge on any atom is -0.428 e. The second-order valence-corrected chi connectivity index (χ2v) is 3.89. The molecule has 0 aliphatic carbocycles. The maximum Gasteiger partial charge on any atom is 0.446 e. The van der Waals surface area contributed by atoms with Crippen LogP contribution in [-0.4, -0.2) is 10.5 Å². The topological polar surface area (TPSA) is 49.8 Å². The molecule has 1 aromatic heterocycles. The third kappa shape index (κ3) is 2.12. The van der Waals surface area contributed by atoms with Crippen LogP contribution in [0.15, 0.2) is 27.5 Å². The van der Waals surface area contributed by atoms with E-state index in [-0.39, 0.29) is 33.6 Å². The Morgan fingerprint density at radius 3 is 2.75 bits per heavy atom. The van der Waals surface area contributed by atoms with E-state index in [1.54, 1.807) is 6.07 Å². The molecule has 0 aliphatic heterocycles. The van der Waals surface area contributed by atoms with Crippen molar-refractivity contribution in [3.05, 3.63) is 24.1 Å². The summed E-state index contributed by atoms with van der Waals surface area (Å²) in [5, 5.41) is 8.53. The smallest absolute Gasteiger partial charge is 0.428 e. The highest BCUT2D eigenvalue weighted by molar-refractivity contribution is 8.00. The molecule has 2 rings (SSSR count). The van der Waals surface area contributed by atoms with Gasteiger partial charge in [0.25, 0.3) is 0 Å². The number of rotatable bonds is 1. The van der Waals surface area contributed by atoms with Gasteiger partial charge in [0, 0.05) is 4.90 Å². The first-order chi connectivity index (χ1) is 7.49. The number of aromatic nitrogens is 1. The average molecular weight is 244 g/mol. The Balaban J connectivity index is 2.54. The average Bonchev–Trinajstić information content (AvgIpc) is 2.59. The number of oxazole rings is 1. The van der Waals surface area contributed by atoms with Gasteiger partial charge in [-0.05, 0) is 23.9 Å². The zero-order valence-electron chi connectivity index (χ0n) is 7.58. The maximum absolute atomic E-state index is 12.2. The lowest BCUT2D eigenvalue weighted by Gasteiger charge is -2.04. The van der Waals surface area contributed by atoms with Gasteiger partial charge in [0.05, 0.1) is 0 Å². The van der Waals surface area contributed by atoms with Gasteiger partial charge >= 0.3 is 11.4 Å². The van der Waals surface area contributed by atoms with Crippen LogP contribution in [0.5, 0.6) is 0 Å². The van der Waals surface area contributed by atoms with Crippen molar-refractivity contribution in [2.75, 3.05) is 0 Å². The molecule has 0 atom stereocenters. The number of fused-ring (bicyclic) bond motifs is 1. The number of alkyl halides is 3. The fraction of sp³-hybridized carbons (Fsp3) is 0.111. The Hall–Kier alpha value is -1.68. The van der Waals surface area contributed by atoms with E-state index in [9.17, 15) is 13.2 Å². The number of halogens is 3. The molecule has 0 bridgehead atoms. The summed E-state index contributed by atoms with van der Waals surface area (Å²) in [7, 11) is 0. The summed E-state index contributed by atoms with van der Waals surface area (Å²) in [5.74, 6) is -0.245. The summed E-state index contributed by atoms with van der Waals surface area (Å²) in [5.41, 5.74) is -4.16. The molecule has 0 spiro atoms. The van der Waals surface area contributed by atoms with E-state index in [1.165, 1.54) is 18.2 Å². The van der Waals surface area contributed by atoms with Crippen molar-refractivity contribution in [3.8, 4) is 6.07 Å². The van der Waals surface area contributed by atoms with Gasteiger partial charge in [0.2, 0.25) is 0 Å². The van der Waals surface area contributed by atoms with Gasteiger partial charge in [-0.2, -0.15) is 23.4 Å². The molecule has 1 heterocycles. The van der Waals surface area contributed by atoms with Gasteiger partial charge in [-0.3, -0.25) is 0 Å². The van der Waals surface area contributed by atoms with Crippen LogP contribution >= 0.6 is 11.8 Å². The molecular formula is C9H3F3N2OS. The predicted molar refractivity (Wildman–Crippen MR) is 50.6 cm³/mol. The lowest BCUT2D eigenvalue weighted by atomic mass is 10.3. The molecule has 0 N–H and O–H groups in total. The molecule has 0 aliphatic rings. The number of hydrogen-bond acceptors (Lipinski definition) is 4. The number of benzene rings is 1. The van der Waals surface area contributed by atoms with Crippen molar-refractivity contribution in [1.82, 2.24) is 4.98 Å². The molecule has 16 heavy (non-hydrogen) atoms. The number of hydrogen-bond donors (Lipinski definition) is 0. The summed E-state index contributed by atoms with van der Waals surface area (Å²) in [6, 6.07) is 5.80. The van der Waals surface area contributed by atoms with Crippen LogP contribution in [0.25, 0.3) is 11.1 Å². The van der Waals surface area contributed by atoms with Crippen molar-refractivity contribution in [2.24, 2.45) is 0 Å². The molecule has 82 valence electrons. The van der Waals surface area contributed by atoms with E-state index in [0.717, 1.165) is 0 Å². The van der Waals surface area contributed by atoms with Crippen molar-refractivity contribution >= 4 is 22.9 Å². The molecule has 0 unspecified atom stereocenters. The molecule has 2 aromatic rings. The summed E-state index contributed by atoms with van der Waals surface area (Å²) < 4.78 is 41.5. The van der Waals surface area contributed by atoms with Crippen molar-refractivity contribution in [1.29, 1.82) is 5.26 Å². The molecule has 3 nitrogen and oxygen atoms in total. The van der Waals surface area contributed by atoms with Crippen LogP contribution in [0.1, 0.15) is 5.89 Å². The Bertz CT molecular complexity index is 570. The Labute approximate surface area is 91.9 Å². The van der Waals surface area contributed by atoms with Gasteiger partial charge in [-0.1, -0.05) is 6.07 Å². The van der Waals surface area contributed by atoms with Gasteiger partial charge in [0.1, 0.15) is 5.52 Å². The quantitative estimate of drug-likeness (QED) is 0.722. The van der Waals surface area contributed by atoms with Gasteiger partial charge in [0.15, 0.2) is 11.7 Å². The van der Waals surface area contributed by atoms with E-state index in [1.807, 2.05) is 0 Å². The summed E-state index contributed by atoms with van der Waals surface area (Å²) in [6.45, 7) is 0. The van der Waals surface area contributed by atoms with Crippen molar-refractivity contribution in [3.63, 3.8) is 0 Å². The Morgan fingerprint density at radius 2 is 2.12 bits per heavy atom. The number of para-hydroxylation sites is 1. The Morgan fingerprint density at radius 1 is 1.38 bits per heavy atom. The Kier molecular flexibility index (Phi) is 2.52. The lowest BCUT2D eigenvalue weighted by molar-refractivity contribution is -0.0327. The van der Waals surface area contributed by atoms with Crippen LogP contribution in [0.2, 0.25) is 0 Å². The van der Waals surface area contributed by atoms with Crippen LogP contribution in [-0.2, 0) is 0 Å². The highest BCUT2D eigenvalue weighted by atomic mass is 32.2. The number of nitrogens with zero attached hydrogens (tertiary/aromatic N) is 2. The van der Waals surface area contributed by atoms with Crippen molar-refractivity contribution in [2.45, 2.75) is 10.4 Å². The fourth-order valence-corrected chi connectivity index (χ4v) is 1.82. The summed E-state index contributed by atoms with van der Waals surface area (Å²) in [4.78, 5) is 3.59. The van der Waals surface area contributed by atoms with Crippen LogP contribution in [0, 0.1) is 11.3 Å². The minimum atomic E-state index is -4.39. The minimum absolute atomic E-state index is 0.0568. The molecule has 0 radical (unpaired) electrons. The second-order valence-electron chi connectivity index (χ2n) is 2.78. The zero-order chi connectivity index (χ0) is 11.8. The van der Waals surface area contributed by atoms with Gasteiger partial charge in [-0.25, -0.2) is 0 Å². The largest absolute Gasteiger partial charge is 0.446 e. The monoisotopic (exact) mass is 244 g/mol. The zero-order valence-corrected chi connectivity index (χ0v) is 8.39. The third-order valence-corrected chi connectivity index (χ3v) is 2.48. The SMILES string of the molecule is N#Cc1nc2c(SC(F)(F)F)cccc2o1. The normalized spacial score (nSPS) is 11.6. The van der Waals surface area contributed by atoms with E-state index >= 15 is 0 Å². The van der Waals surface area contributed by atoms with E-state index in [4.69, 9.17) is 9.68 Å². The van der Waals surface area contributed by atoms with Crippen LogP contribution in [0.4, 0.5) is 13.2 Å². The molecule has 0 fully saturated rings. The molecule has 7 heteroatoms. The lowest BCUT2D eigenvalue weighted by Crippen LogP contribution is -1.99. The van der Waals surface area contributed by atoms with Gasteiger partial charge in [-0.15, -0.1) is 0 Å². The van der Waals surface area contributed by atoms with Gasteiger partial charge < -0.3 is 4.42 Å². The first kappa shape index (κ1) is 10.8. The summed E-state index contributed by atoms with van der Waals surface area (Å²) >= 11 is -0.278. The van der Waals surface area contributed by atoms with E-state index < -0.39 is 5.51 Å². The molecule has 1 aromatic carbocycles. The molecule has 0 saturated carbocycles. The predicted octanol–water partition coefficient (Wildman–Crippen LogP) is 3.31. The maximum atomic E-state index is 12.2. The highest BCUT2D eigenvalue weighted by Crippen LogP contribution is 2.39. The summed E-state index contributed by atoms with van der Waals surface area (Å²) in [6.07, 6.45) is 0. The van der Waals surface area contributed by atoms with E-state index in [0.29, 0.717) is 0 Å². The van der Waals surface area contributed by atoms with Crippen molar-refractivity contribution < 1.29 is 17.6 Å². The fourth-order valence-electron chi connectivity index (χ4n) is 1.18. The van der Waals surface area contributed by atoms with E-state index in [2.05, 4.69) is 4.98 Å². The van der Waals surface area contributed by atoms with Crippen LogP contribution in [0.3, 0.4) is 0 Å². The molecule has 0 amide bonds. The highest BCUT2D eigenvalue weighted by Gasteiger charge is 2.30. The third-order valence-electron chi connectivity index (χ3n) is 1.70. The second kappa shape index (κ2) is 3.72. The number of nitriles is 1.